The highest BCUT2D eigenvalue weighted by Crippen LogP contribution is 2.20. The number of nitrogens with zero attached hydrogens (tertiary/aromatic N) is 1. The fraction of sp³-hybridized carbons (Fsp3) is 0.636. The predicted molar refractivity (Wildman–Crippen MR) is 109 cm³/mol. The van der Waals surface area contributed by atoms with Gasteiger partial charge in [0.05, 0.1) is 6.04 Å². The molecular formula is C22H34FN3O2. The van der Waals surface area contributed by atoms with Crippen molar-refractivity contribution < 1.29 is 14.0 Å². The molecule has 6 heteroatoms. The Hall–Kier alpha value is -1.95. The zero-order valence-corrected chi connectivity index (χ0v) is 17.5. The van der Waals surface area contributed by atoms with E-state index in [2.05, 4.69) is 29.4 Å². The van der Waals surface area contributed by atoms with E-state index in [0.29, 0.717) is 18.9 Å². The Morgan fingerprint density at radius 1 is 1.11 bits per heavy atom. The van der Waals surface area contributed by atoms with E-state index in [9.17, 15) is 14.0 Å². The zero-order chi connectivity index (χ0) is 20.7. The summed E-state index contributed by atoms with van der Waals surface area (Å²) in [6.07, 6.45) is 2.24. The molecule has 1 aromatic carbocycles. The number of benzene rings is 1. The molecule has 1 aliphatic rings. The molecule has 5 nitrogen and oxygen atoms in total. The molecule has 1 aromatic rings. The maximum absolute atomic E-state index is 12.9. The number of piperidine rings is 1. The third-order valence-electron chi connectivity index (χ3n) is 5.82. The van der Waals surface area contributed by atoms with E-state index in [1.165, 1.54) is 12.1 Å². The minimum atomic E-state index is -0.253. The summed E-state index contributed by atoms with van der Waals surface area (Å²) in [7, 11) is 0. The van der Waals surface area contributed by atoms with Crippen molar-refractivity contribution in [2.75, 3.05) is 19.6 Å². The fourth-order valence-electron chi connectivity index (χ4n) is 3.35. The molecule has 1 saturated heterocycles. The van der Waals surface area contributed by atoms with Crippen LogP contribution in [0.1, 0.15) is 46.1 Å². The van der Waals surface area contributed by atoms with Gasteiger partial charge in [-0.3, -0.25) is 14.5 Å². The van der Waals surface area contributed by atoms with Crippen molar-refractivity contribution in [2.24, 2.45) is 11.8 Å². The summed E-state index contributed by atoms with van der Waals surface area (Å²) in [5.74, 6) is 0.335. The Bertz CT molecular complexity index is 640. The highest BCUT2D eigenvalue weighted by atomic mass is 19.1. The van der Waals surface area contributed by atoms with E-state index in [1.807, 2.05) is 13.8 Å². The van der Waals surface area contributed by atoms with Crippen LogP contribution in [-0.4, -0.2) is 48.4 Å². The molecule has 1 heterocycles. The summed E-state index contributed by atoms with van der Waals surface area (Å²) in [6.45, 7) is 10.2. The third kappa shape index (κ3) is 6.59. The van der Waals surface area contributed by atoms with Gasteiger partial charge in [0.2, 0.25) is 11.8 Å². The van der Waals surface area contributed by atoms with Crippen molar-refractivity contribution in [2.45, 2.75) is 59.0 Å². The van der Waals surface area contributed by atoms with Crippen LogP contribution in [0.15, 0.2) is 24.3 Å². The Balaban J connectivity index is 1.71. The first-order valence-corrected chi connectivity index (χ1v) is 10.3. The molecule has 0 saturated carbocycles. The first kappa shape index (κ1) is 22.3. The van der Waals surface area contributed by atoms with Crippen molar-refractivity contribution >= 4 is 11.8 Å². The molecule has 0 bridgehead atoms. The van der Waals surface area contributed by atoms with Crippen LogP contribution in [0.4, 0.5) is 4.39 Å². The lowest BCUT2D eigenvalue weighted by Gasteiger charge is -2.35. The lowest BCUT2D eigenvalue weighted by Crippen LogP contribution is -2.50. The third-order valence-corrected chi connectivity index (χ3v) is 5.82. The molecule has 0 aromatic heterocycles. The number of halogens is 1. The lowest BCUT2D eigenvalue weighted by molar-refractivity contribution is -0.129. The monoisotopic (exact) mass is 391 g/mol. The molecule has 2 unspecified atom stereocenters. The standard InChI is InChI=1S/C22H34FN3O2/c1-15(2)16(3)25-22(28)19-10-13-26(14-11-19)17(4)21(27)24-12-9-18-5-7-20(23)8-6-18/h5-8,15-17,19H,9-14H2,1-4H3,(H,24,27)(H,25,28). The predicted octanol–water partition coefficient (Wildman–Crippen LogP) is 2.75. The largest absolute Gasteiger partial charge is 0.354 e. The molecule has 0 aliphatic carbocycles. The molecule has 28 heavy (non-hydrogen) atoms. The minimum Gasteiger partial charge on any atom is -0.354 e. The van der Waals surface area contributed by atoms with Gasteiger partial charge in [0.15, 0.2) is 0 Å². The van der Waals surface area contributed by atoms with Gasteiger partial charge in [-0.2, -0.15) is 0 Å². The van der Waals surface area contributed by atoms with Crippen LogP contribution in [0, 0.1) is 17.7 Å². The summed E-state index contributed by atoms with van der Waals surface area (Å²) < 4.78 is 12.9. The van der Waals surface area contributed by atoms with Crippen LogP contribution in [0.2, 0.25) is 0 Å². The van der Waals surface area contributed by atoms with Gasteiger partial charge in [0, 0.05) is 18.5 Å². The van der Waals surface area contributed by atoms with E-state index in [-0.39, 0.29) is 35.6 Å². The number of amides is 2. The minimum absolute atomic E-state index is 0.00144. The second kappa shape index (κ2) is 10.6. The van der Waals surface area contributed by atoms with Gasteiger partial charge in [-0.05, 0) is 69.8 Å². The van der Waals surface area contributed by atoms with Gasteiger partial charge in [-0.1, -0.05) is 26.0 Å². The van der Waals surface area contributed by atoms with Gasteiger partial charge in [0.1, 0.15) is 5.82 Å². The second-order valence-corrected chi connectivity index (χ2v) is 8.19. The Labute approximate surface area is 168 Å². The summed E-state index contributed by atoms with van der Waals surface area (Å²) in [6, 6.07) is 6.30. The van der Waals surface area contributed by atoms with E-state index >= 15 is 0 Å². The molecule has 2 N–H and O–H groups in total. The highest BCUT2D eigenvalue weighted by Gasteiger charge is 2.30. The summed E-state index contributed by atoms with van der Waals surface area (Å²) in [4.78, 5) is 27.0. The van der Waals surface area contributed by atoms with Crippen LogP contribution in [0.25, 0.3) is 0 Å². The Kier molecular flexibility index (Phi) is 8.42. The molecule has 1 fully saturated rings. The Morgan fingerprint density at radius 3 is 2.29 bits per heavy atom. The number of carbonyl (C=O) groups excluding carboxylic acids is 2. The maximum atomic E-state index is 12.9. The molecule has 1 aliphatic heterocycles. The fourth-order valence-corrected chi connectivity index (χ4v) is 3.35. The van der Waals surface area contributed by atoms with Gasteiger partial charge < -0.3 is 10.6 Å². The van der Waals surface area contributed by atoms with Crippen LogP contribution < -0.4 is 10.6 Å². The van der Waals surface area contributed by atoms with Gasteiger partial charge in [0.25, 0.3) is 0 Å². The van der Waals surface area contributed by atoms with Crippen molar-refractivity contribution in [3.05, 3.63) is 35.6 Å². The SMILES string of the molecule is CC(C)C(C)NC(=O)C1CCN(C(C)C(=O)NCCc2ccc(F)cc2)CC1. The van der Waals surface area contributed by atoms with Crippen molar-refractivity contribution in [3.8, 4) is 0 Å². The molecule has 156 valence electrons. The van der Waals surface area contributed by atoms with Crippen LogP contribution in [0.5, 0.6) is 0 Å². The topological polar surface area (TPSA) is 61.4 Å². The quantitative estimate of drug-likeness (QED) is 0.716. The summed E-state index contributed by atoms with van der Waals surface area (Å²) in [5, 5.41) is 6.06. The molecule has 2 atom stereocenters. The van der Waals surface area contributed by atoms with Crippen LogP contribution in [-0.2, 0) is 16.0 Å². The highest BCUT2D eigenvalue weighted by molar-refractivity contribution is 5.81. The van der Waals surface area contributed by atoms with E-state index < -0.39 is 0 Å². The number of rotatable bonds is 8. The van der Waals surface area contributed by atoms with Gasteiger partial charge >= 0.3 is 0 Å². The average Bonchev–Trinajstić information content (AvgIpc) is 2.68. The lowest BCUT2D eigenvalue weighted by atomic mass is 9.94. The average molecular weight is 392 g/mol. The number of likely N-dealkylation sites (tertiary alicyclic amines) is 1. The number of carbonyl (C=O) groups is 2. The molecule has 0 spiro atoms. The van der Waals surface area contributed by atoms with Gasteiger partial charge in [-0.25, -0.2) is 4.39 Å². The molecule has 2 rings (SSSR count). The van der Waals surface area contributed by atoms with E-state index in [0.717, 1.165) is 31.5 Å². The van der Waals surface area contributed by atoms with Crippen LogP contribution in [0.3, 0.4) is 0 Å². The maximum Gasteiger partial charge on any atom is 0.237 e. The first-order chi connectivity index (χ1) is 13.3. The van der Waals surface area contributed by atoms with Crippen LogP contribution >= 0.6 is 0 Å². The number of hydrogen-bond acceptors (Lipinski definition) is 3. The normalized spacial score (nSPS) is 17.9. The summed E-state index contributed by atoms with van der Waals surface area (Å²) in [5.41, 5.74) is 0.997. The van der Waals surface area contributed by atoms with Crippen molar-refractivity contribution in [1.29, 1.82) is 0 Å². The summed E-state index contributed by atoms with van der Waals surface area (Å²) >= 11 is 0. The zero-order valence-electron chi connectivity index (χ0n) is 17.5. The molecule has 2 amide bonds. The van der Waals surface area contributed by atoms with Gasteiger partial charge in [-0.15, -0.1) is 0 Å². The van der Waals surface area contributed by atoms with Crippen molar-refractivity contribution in [3.63, 3.8) is 0 Å². The Morgan fingerprint density at radius 2 is 1.71 bits per heavy atom. The van der Waals surface area contributed by atoms with Crippen molar-refractivity contribution in [1.82, 2.24) is 15.5 Å². The molecule has 0 radical (unpaired) electrons. The van der Waals surface area contributed by atoms with E-state index in [4.69, 9.17) is 0 Å². The number of hydrogen-bond donors (Lipinski definition) is 2. The van der Waals surface area contributed by atoms with E-state index in [1.54, 1.807) is 12.1 Å². The number of nitrogens with one attached hydrogen (secondary N) is 2. The molecular weight excluding hydrogens is 357 g/mol. The first-order valence-electron chi connectivity index (χ1n) is 10.3. The second-order valence-electron chi connectivity index (χ2n) is 8.19. The smallest absolute Gasteiger partial charge is 0.237 e.